The van der Waals surface area contributed by atoms with E-state index in [1.165, 1.54) is 0 Å². The van der Waals surface area contributed by atoms with Crippen molar-refractivity contribution >= 4 is 12.0 Å². The summed E-state index contributed by atoms with van der Waals surface area (Å²) in [6.45, 7) is 3.65. The molecule has 0 radical (unpaired) electrons. The fourth-order valence-corrected chi connectivity index (χ4v) is 3.32. The average Bonchev–Trinajstić information content (AvgIpc) is 2.54. The molecule has 1 aliphatic heterocycles. The van der Waals surface area contributed by atoms with Crippen LogP contribution in [0.25, 0.3) is 0 Å². The van der Waals surface area contributed by atoms with Crippen molar-refractivity contribution in [1.82, 2.24) is 4.90 Å². The number of carbonyl (C=O) groups excluding carboxylic acids is 1. The van der Waals surface area contributed by atoms with Crippen molar-refractivity contribution in [3.8, 4) is 0 Å². The van der Waals surface area contributed by atoms with Crippen LogP contribution in [0, 0.1) is 5.41 Å². The van der Waals surface area contributed by atoms with Crippen LogP contribution in [0.5, 0.6) is 0 Å². The maximum atomic E-state index is 12.3. The van der Waals surface area contributed by atoms with E-state index in [0.717, 1.165) is 37.0 Å². The van der Waals surface area contributed by atoms with E-state index in [4.69, 9.17) is 5.11 Å². The zero-order valence-corrected chi connectivity index (χ0v) is 10.0. The summed E-state index contributed by atoms with van der Waals surface area (Å²) in [4.78, 5) is 24.6. The quantitative estimate of drug-likeness (QED) is 0.751. The molecule has 1 saturated heterocycles. The normalized spacial score (nSPS) is 27.4. The van der Waals surface area contributed by atoms with E-state index in [-0.39, 0.29) is 17.4 Å². The van der Waals surface area contributed by atoms with Gasteiger partial charge in [-0.15, -0.1) is 6.58 Å². The molecule has 17 heavy (non-hydrogen) atoms. The first-order valence-electron chi connectivity index (χ1n) is 6.28. The second-order valence-corrected chi connectivity index (χ2v) is 5.18. The first-order valence-corrected chi connectivity index (χ1v) is 6.28. The zero-order valence-electron chi connectivity index (χ0n) is 10.0. The van der Waals surface area contributed by atoms with Gasteiger partial charge in [-0.2, -0.15) is 0 Å². The Morgan fingerprint density at radius 1 is 1.47 bits per heavy atom. The number of hydrogen-bond acceptors (Lipinski definition) is 2. The first-order chi connectivity index (χ1) is 8.10. The lowest BCUT2D eigenvalue weighted by Crippen LogP contribution is -2.41. The SMILES string of the molecule is C=CCC1CC2(CCCCC2)C(=O)N1C(=O)O. The van der Waals surface area contributed by atoms with Gasteiger partial charge in [0.1, 0.15) is 0 Å². The lowest BCUT2D eigenvalue weighted by molar-refractivity contribution is -0.136. The average molecular weight is 237 g/mol. The lowest BCUT2D eigenvalue weighted by atomic mass is 9.72. The van der Waals surface area contributed by atoms with Gasteiger partial charge in [0, 0.05) is 6.04 Å². The number of carbonyl (C=O) groups is 2. The van der Waals surface area contributed by atoms with Crippen molar-refractivity contribution in [3.05, 3.63) is 12.7 Å². The van der Waals surface area contributed by atoms with E-state index in [1.54, 1.807) is 6.08 Å². The highest BCUT2D eigenvalue weighted by Crippen LogP contribution is 2.47. The molecule has 2 amide bonds. The third kappa shape index (κ3) is 1.96. The summed E-state index contributed by atoms with van der Waals surface area (Å²) in [5, 5.41) is 9.17. The van der Waals surface area contributed by atoms with Gasteiger partial charge in [-0.05, 0) is 25.7 Å². The minimum atomic E-state index is -1.11. The summed E-state index contributed by atoms with van der Waals surface area (Å²) >= 11 is 0. The maximum absolute atomic E-state index is 12.3. The molecule has 1 atom stereocenters. The molecule has 4 heteroatoms. The largest absolute Gasteiger partial charge is 0.465 e. The second kappa shape index (κ2) is 4.51. The lowest BCUT2D eigenvalue weighted by Gasteiger charge is -2.30. The van der Waals surface area contributed by atoms with Gasteiger partial charge in [0.15, 0.2) is 0 Å². The van der Waals surface area contributed by atoms with E-state index >= 15 is 0 Å². The van der Waals surface area contributed by atoms with E-state index in [0.29, 0.717) is 12.8 Å². The summed E-state index contributed by atoms with van der Waals surface area (Å²) in [5.74, 6) is -0.170. The number of imide groups is 1. The number of nitrogens with zero attached hydrogens (tertiary/aromatic N) is 1. The minimum absolute atomic E-state index is 0.170. The number of likely N-dealkylation sites (tertiary alicyclic amines) is 1. The maximum Gasteiger partial charge on any atom is 0.414 e. The van der Waals surface area contributed by atoms with Crippen LogP contribution in [0.2, 0.25) is 0 Å². The van der Waals surface area contributed by atoms with E-state index in [9.17, 15) is 9.59 Å². The predicted molar refractivity (Wildman–Crippen MR) is 63.6 cm³/mol. The molecule has 0 aromatic carbocycles. The standard InChI is InChI=1S/C13H19NO3/c1-2-6-10-9-13(7-4-3-5-8-13)11(15)14(10)12(16)17/h2,10H,1,3-9H2,(H,16,17). The van der Waals surface area contributed by atoms with Gasteiger partial charge in [0.05, 0.1) is 5.41 Å². The fourth-order valence-electron chi connectivity index (χ4n) is 3.32. The highest BCUT2D eigenvalue weighted by molar-refractivity contribution is 5.97. The Morgan fingerprint density at radius 3 is 2.65 bits per heavy atom. The van der Waals surface area contributed by atoms with Gasteiger partial charge in [0.25, 0.3) is 0 Å². The van der Waals surface area contributed by atoms with Gasteiger partial charge >= 0.3 is 6.09 Å². The van der Waals surface area contributed by atoms with Crippen molar-refractivity contribution in [2.45, 2.75) is 51.0 Å². The molecule has 0 aromatic rings. The van der Waals surface area contributed by atoms with Gasteiger partial charge in [-0.3, -0.25) is 4.79 Å². The monoisotopic (exact) mass is 237 g/mol. The summed E-state index contributed by atoms with van der Waals surface area (Å²) in [6, 6.07) is -0.199. The molecule has 2 aliphatic rings. The highest BCUT2D eigenvalue weighted by atomic mass is 16.4. The number of carboxylic acid groups (broad SMARTS) is 1. The topological polar surface area (TPSA) is 57.6 Å². The Morgan fingerprint density at radius 2 is 2.12 bits per heavy atom. The second-order valence-electron chi connectivity index (χ2n) is 5.18. The van der Waals surface area contributed by atoms with Crippen LogP contribution in [0.15, 0.2) is 12.7 Å². The molecule has 1 unspecified atom stereocenters. The molecule has 1 aliphatic carbocycles. The van der Waals surface area contributed by atoms with Crippen molar-refractivity contribution < 1.29 is 14.7 Å². The molecular weight excluding hydrogens is 218 g/mol. The molecule has 1 saturated carbocycles. The van der Waals surface area contributed by atoms with Crippen molar-refractivity contribution in [3.63, 3.8) is 0 Å². The summed E-state index contributed by atoms with van der Waals surface area (Å²) in [5.41, 5.74) is -0.385. The molecule has 1 heterocycles. The van der Waals surface area contributed by atoms with Crippen molar-refractivity contribution in [2.24, 2.45) is 5.41 Å². The van der Waals surface area contributed by atoms with Crippen LogP contribution in [0.4, 0.5) is 4.79 Å². The molecular formula is C13H19NO3. The molecule has 2 rings (SSSR count). The Hall–Kier alpha value is -1.32. The molecule has 2 fully saturated rings. The molecule has 4 nitrogen and oxygen atoms in total. The van der Waals surface area contributed by atoms with Crippen LogP contribution in [0.1, 0.15) is 44.9 Å². The van der Waals surface area contributed by atoms with Crippen LogP contribution in [0.3, 0.4) is 0 Å². The number of amides is 2. The molecule has 1 spiro atoms. The van der Waals surface area contributed by atoms with Crippen LogP contribution in [-0.4, -0.2) is 28.0 Å². The van der Waals surface area contributed by atoms with E-state index < -0.39 is 6.09 Å². The number of hydrogen-bond donors (Lipinski definition) is 1. The smallest absolute Gasteiger partial charge is 0.414 e. The number of rotatable bonds is 2. The van der Waals surface area contributed by atoms with E-state index in [2.05, 4.69) is 6.58 Å². The summed E-state index contributed by atoms with van der Waals surface area (Å²) in [6.07, 6.45) is 6.80. The summed E-state index contributed by atoms with van der Waals surface area (Å²) in [7, 11) is 0. The Bertz CT molecular complexity index is 345. The third-order valence-corrected chi connectivity index (χ3v) is 4.12. The van der Waals surface area contributed by atoms with Gasteiger partial charge in [-0.25, -0.2) is 9.69 Å². The molecule has 94 valence electrons. The van der Waals surface area contributed by atoms with Crippen molar-refractivity contribution in [2.75, 3.05) is 0 Å². The molecule has 1 N–H and O–H groups in total. The molecule has 0 bridgehead atoms. The first kappa shape index (κ1) is 12.1. The molecule has 0 aromatic heterocycles. The Balaban J connectivity index is 2.24. The third-order valence-electron chi connectivity index (χ3n) is 4.12. The van der Waals surface area contributed by atoms with Crippen LogP contribution >= 0.6 is 0 Å². The minimum Gasteiger partial charge on any atom is -0.465 e. The Labute approximate surface area is 101 Å². The fraction of sp³-hybridized carbons (Fsp3) is 0.692. The Kier molecular flexibility index (Phi) is 3.22. The predicted octanol–water partition coefficient (Wildman–Crippen LogP) is 2.79. The van der Waals surface area contributed by atoms with Gasteiger partial charge in [0.2, 0.25) is 5.91 Å². The highest BCUT2D eigenvalue weighted by Gasteiger charge is 2.53. The van der Waals surface area contributed by atoms with Gasteiger partial charge < -0.3 is 5.11 Å². The van der Waals surface area contributed by atoms with Crippen LogP contribution < -0.4 is 0 Å². The zero-order chi connectivity index (χ0) is 12.5. The van der Waals surface area contributed by atoms with E-state index in [1.807, 2.05) is 0 Å². The van der Waals surface area contributed by atoms with Crippen molar-refractivity contribution in [1.29, 1.82) is 0 Å². The van der Waals surface area contributed by atoms with Gasteiger partial charge in [-0.1, -0.05) is 25.3 Å². The summed E-state index contributed by atoms with van der Waals surface area (Å²) < 4.78 is 0. The van der Waals surface area contributed by atoms with Crippen LogP contribution in [-0.2, 0) is 4.79 Å².